The van der Waals surface area contributed by atoms with Crippen LogP contribution in [-0.2, 0) is 18.5 Å². The van der Waals surface area contributed by atoms with E-state index in [-0.39, 0.29) is 5.41 Å². The van der Waals surface area contributed by atoms with E-state index in [2.05, 4.69) is 50.4 Å². The number of hydrogen-bond acceptors (Lipinski definition) is 2. The van der Waals surface area contributed by atoms with Gasteiger partial charge >= 0.3 is 7.12 Å². The Balaban J connectivity index is 1.86. The predicted octanol–water partition coefficient (Wildman–Crippen LogP) is 0.927. The molecule has 0 aromatic heterocycles. The molecule has 4 heteroatoms. The van der Waals surface area contributed by atoms with E-state index in [0.717, 1.165) is 13.1 Å². The van der Waals surface area contributed by atoms with Crippen LogP contribution in [0.3, 0.4) is 0 Å². The summed E-state index contributed by atoms with van der Waals surface area (Å²) in [4.78, 5) is 0. The van der Waals surface area contributed by atoms with Gasteiger partial charge < -0.3 is 15.4 Å². The van der Waals surface area contributed by atoms with E-state index in [0.29, 0.717) is 5.46 Å². The van der Waals surface area contributed by atoms with Crippen molar-refractivity contribution in [2.75, 3.05) is 0 Å². The number of quaternary nitrogens is 1. The molecular formula is C18H25BNO2+. The zero-order valence-corrected chi connectivity index (χ0v) is 13.6. The second-order valence-corrected chi connectivity index (χ2v) is 6.76. The highest BCUT2D eigenvalue weighted by Gasteiger charge is 2.13. The zero-order valence-electron chi connectivity index (χ0n) is 13.6. The molecule has 0 bridgehead atoms. The first-order chi connectivity index (χ1) is 10.4. The zero-order chi connectivity index (χ0) is 16.2. The van der Waals surface area contributed by atoms with Crippen LogP contribution in [0.25, 0.3) is 0 Å². The molecule has 0 amide bonds. The van der Waals surface area contributed by atoms with Crippen molar-refractivity contribution in [3.05, 3.63) is 65.2 Å². The van der Waals surface area contributed by atoms with Crippen LogP contribution in [0.4, 0.5) is 0 Å². The van der Waals surface area contributed by atoms with Crippen molar-refractivity contribution in [1.82, 2.24) is 0 Å². The molecule has 0 heterocycles. The quantitative estimate of drug-likeness (QED) is 0.719. The minimum atomic E-state index is -1.39. The molecule has 0 aliphatic rings. The van der Waals surface area contributed by atoms with Crippen molar-refractivity contribution in [2.45, 2.75) is 39.3 Å². The Morgan fingerprint density at radius 1 is 0.818 bits per heavy atom. The van der Waals surface area contributed by atoms with Crippen LogP contribution in [0.15, 0.2) is 48.5 Å². The Kier molecular flexibility index (Phi) is 5.40. The number of nitrogens with two attached hydrogens (primary N) is 1. The van der Waals surface area contributed by atoms with Gasteiger partial charge in [0.05, 0.1) is 0 Å². The highest BCUT2D eigenvalue weighted by atomic mass is 16.4. The standard InChI is InChI=1S/C18H24BNO2/c1-18(2,3)16-8-4-14(5-9-16)12-20-13-15-6-10-17(11-7-15)19(21)22/h4-11,20-22H,12-13H2,1-3H3/p+1. The molecule has 0 aliphatic heterocycles. The van der Waals surface area contributed by atoms with E-state index in [1.807, 2.05) is 12.1 Å². The van der Waals surface area contributed by atoms with Crippen molar-refractivity contribution in [3.63, 3.8) is 0 Å². The highest BCUT2D eigenvalue weighted by molar-refractivity contribution is 6.58. The molecule has 116 valence electrons. The third kappa shape index (κ3) is 4.70. The lowest BCUT2D eigenvalue weighted by Crippen LogP contribution is -2.80. The fourth-order valence-corrected chi connectivity index (χ4v) is 2.37. The maximum atomic E-state index is 9.07. The van der Waals surface area contributed by atoms with Gasteiger partial charge in [-0.15, -0.1) is 0 Å². The van der Waals surface area contributed by atoms with Crippen molar-refractivity contribution < 1.29 is 15.4 Å². The summed E-state index contributed by atoms with van der Waals surface area (Å²) in [6.07, 6.45) is 0. The largest absolute Gasteiger partial charge is 0.488 e. The van der Waals surface area contributed by atoms with Gasteiger partial charge in [-0.3, -0.25) is 0 Å². The number of benzene rings is 2. The Bertz CT molecular complexity index is 586. The summed E-state index contributed by atoms with van der Waals surface area (Å²) in [5.74, 6) is 0. The van der Waals surface area contributed by atoms with Crippen LogP contribution in [0.1, 0.15) is 37.5 Å². The molecule has 22 heavy (non-hydrogen) atoms. The van der Waals surface area contributed by atoms with Crippen LogP contribution in [0, 0.1) is 0 Å². The fourth-order valence-electron chi connectivity index (χ4n) is 2.37. The first-order valence-electron chi connectivity index (χ1n) is 7.72. The van der Waals surface area contributed by atoms with Gasteiger partial charge in [-0.1, -0.05) is 69.3 Å². The normalized spacial score (nSPS) is 11.5. The monoisotopic (exact) mass is 298 g/mol. The van der Waals surface area contributed by atoms with E-state index in [4.69, 9.17) is 10.0 Å². The second-order valence-electron chi connectivity index (χ2n) is 6.76. The lowest BCUT2D eigenvalue weighted by atomic mass is 9.80. The summed E-state index contributed by atoms with van der Waals surface area (Å²) in [5.41, 5.74) is 4.57. The molecule has 2 aromatic carbocycles. The molecule has 0 saturated heterocycles. The van der Waals surface area contributed by atoms with Crippen LogP contribution in [0.2, 0.25) is 0 Å². The van der Waals surface area contributed by atoms with Crippen molar-refractivity contribution >= 4 is 12.6 Å². The van der Waals surface area contributed by atoms with E-state index < -0.39 is 7.12 Å². The summed E-state index contributed by atoms with van der Waals surface area (Å²) >= 11 is 0. The number of hydrogen-bond donors (Lipinski definition) is 3. The van der Waals surface area contributed by atoms with Crippen LogP contribution in [-0.4, -0.2) is 17.2 Å². The van der Waals surface area contributed by atoms with Gasteiger partial charge in [-0.25, -0.2) is 0 Å². The summed E-state index contributed by atoms with van der Waals surface area (Å²) in [6.45, 7) is 8.49. The molecule has 3 nitrogen and oxygen atoms in total. The molecule has 0 spiro atoms. The topological polar surface area (TPSA) is 57.1 Å². The van der Waals surface area contributed by atoms with Gasteiger partial charge in [-0.2, -0.15) is 0 Å². The van der Waals surface area contributed by atoms with Gasteiger partial charge in [0.25, 0.3) is 0 Å². The van der Waals surface area contributed by atoms with Gasteiger partial charge in [0.15, 0.2) is 0 Å². The van der Waals surface area contributed by atoms with E-state index >= 15 is 0 Å². The van der Waals surface area contributed by atoms with Gasteiger partial charge in [0, 0.05) is 11.1 Å². The lowest BCUT2D eigenvalue weighted by molar-refractivity contribution is -0.686. The smallest absolute Gasteiger partial charge is 0.423 e. The Morgan fingerprint density at radius 2 is 1.27 bits per heavy atom. The first kappa shape index (κ1) is 16.8. The molecule has 2 aromatic rings. The van der Waals surface area contributed by atoms with Crippen molar-refractivity contribution in [3.8, 4) is 0 Å². The maximum Gasteiger partial charge on any atom is 0.488 e. The Hall–Kier alpha value is -1.62. The molecular weight excluding hydrogens is 273 g/mol. The van der Waals surface area contributed by atoms with Crippen molar-refractivity contribution in [1.29, 1.82) is 0 Å². The maximum absolute atomic E-state index is 9.07. The summed E-state index contributed by atoms with van der Waals surface area (Å²) in [7, 11) is -1.39. The van der Waals surface area contributed by atoms with Crippen LogP contribution in [0.5, 0.6) is 0 Å². The summed E-state index contributed by atoms with van der Waals surface area (Å²) in [6, 6.07) is 16.2. The molecule has 4 N–H and O–H groups in total. The molecule has 0 fully saturated rings. The van der Waals surface area contributed by atoms with Gasteiger partial charge in [-0.05, 0) is 16.4 Å². The lowest BCUT2D eigenvalue weighted by Gasteiger charge is -2.18. The van der Waals surface area contributed by atoms with Crippen LogP contribution >= 0.6 is 0 Å². The predicted molar refractivity (Wildman–Crippen MR) is 90.7 cm³/mol. The first-order valence-corrected chi connectivity index (χ1v) is 7.72. The minimum absolute atomic E-state index is 0.196. The third-order valence-corrected chi connectivity index (χ3v) is 3.86. The summed E-state index contributed by atoms with van der Waals surface area (Å²) < 4.78 is 0. The fraction of sp³-hybridized carbons (Fsp3) is 0.333. The second kappa shape index (κ2) is 7.10. The van der Waals surface area contributed by atoms with E-state index in [1.165, 1.54) is 16.7 Å². The molecule has 2 rings (SSSR count). The minimum Gasteiger partial charge on any atom is -0.423 e. The molecule has 0 saturated carbocycles. The molecule has 0 radical (unpaired) electrons. The molecule has 0 aliphatic carbocycles. The van der Waals surface area contributed by atoms with Gasteiger partial charge in [0.1, 0.15) is 13.1 Å². The average molecular weight is 298 g/mol. The molecule has 0 unspecified atom stereocenters. The average Bonchev–Trinajstić information content (AvgIpc) is 2.47. The third-order valence-electron chi connectivity index (χ3n) is 3.86. The van der Waals surface area contributed by atoms with Gasteiger partial charge in [0.2, 0.25) is 0 Å². The highest BCUT2D eigenvalue weighted by Crippen LogP contribution is 2.21. The SMILES string of the molecule is CC(C)(C)c1ccc(C[NH2+]Cc2ccc(B(O)O)cc2)cc1. The van der Waals surface area contributed by atoms with Crippen LogP contribution < -0.4 is 10.8 Å². The molecule has 0 atom stereocenters. The van der Waals surface area contributed by atoms with E-state index in [9.17, 15) is 0 Å². The summed E-state index contributed by atoms with van der Waals surface area (Å²) in [5, 5.41) is 20.4. The van der Waals surface area contributed by atoms with E-state index in [1.54, 1.807) is 12.1 Å². The number of rotatable bonds is 5. The Morgan fingerprint density at radius 3 is 1.68 bits per heavy atom. The Labute approximate surface area is 133 Å². The van der Waals surface area contributed by atoms with Crippen molar-refractivity contribution in [2.24, 2.45) is 0 Å².